The second-order valence-electron chi connectivity index (χ2n) is 8.83. The van der Waals surface area contributed by atoms with Crippen molar-refractivity contribution in [2.24, 2.45) is 0 Å². The van der Waals surface area contributed by atoms with Crippen molar-refractivity contribution in [1.29, 1.82) is 0 Å². The van der Waals surface area contributed by atoms with Gasteiger partial charge in [0.2, 0.25) is 5.69 Å². The van der Waals surface area contributed by atoms with Gasteiger partial charge >= 0.3 is 0 Å². The molecule has 1 unspecified atom stereocenters. The average Bonchev–Trinajstić information content (AvgIpc) is 3.20. The van der Waals surface area contributed by atoms with Gasteiger partial charge in [-0.3, -0.25) is 4.79 Å². The normalized spacial score (nSPS) is 21.1. The molecule has 0 radical (unpaired) electrons. The summed E-state index contributed by atoms with van der Waals surface area (Å²) in [5, 5.41) is 3.63. The number of nitrogens with zero attached hydrogens (tertiary/aromatic N) is 2. The molecule has 0 N–H and O–H groups in total. The van der Waals surface area contributed by atoms with Crippen molar-refractivity contribution in [3.63, 3.8) is 0 Å². The summed E-state index contributed by atoms with van der Waals surface area (Å²) in [6, 6.07) is 21.3. The standard InChI is InChI=1S/C28H27N2OS/c1-19(31)18-28(2)25(14-9-15-26-30(4)22-12-7-8-13-24(22)32-26)29(3)23-17-16-20-10-5-6-11-21(20)27(23)28/h5-17H,18H2,1-4H3/q+1. The second kappa shape index (κ2) is 7.79. The van der Waals surface area contributed by atoms with Crippen molar-refractivity contribution in [2.45, 2.75) is 30.6 Å². The number of allylic oxidation sites excluding steroid dienone is 3. The van der Waals surface area contributed by atoms with Crippen LogP contribution >= 0.6 is 11.8 Å². The predicted octanol–water partition coefficient (Wildman–Crippen LogP) is 6.44. The molecule has 32 heavy (non-hydrogen) atoms. The molecule has 0 amide bonds. The van der Waals surface area contributed by atoms with Gasteiger partial charge < -0.3 is 4.90 Å². The highest BCUT2D eigenvalue weighted by Crippen LogP contribution is 2.47. The molecule has 0 fully saturated rings. The molecule has 0 spiro atoms. The highest BCUT2D eigenvalue weighted by Gasteiger charge is 2.48. The predicted molar refractivity (Wildman–Crippen MR) is 135 cm³/mol. The molecule has 3 aromatic carbocycles. The van der Waals surface area contributed by atoms with Crippen LogP contribution in [0.2, 0.25) is 0 Å². The van der Waals surface area contributed by atoms with Gasteiger partial charge in [-0.1, -0.05) is 54.2 Å². The van der Waals surface area contributed by atoms with E-state index in [-0.39, 0.29) is 11.2 Å². The van der Waals surface area contributed by atoms with Crippen LogP contribution in [-0.2, 0) is 10.2 Å². The summed E-state index contributed by atoms with van der Waals surface area (Å²) in [7, 11) is 4.22. The fourth-order valence-corrected chi connectivity index (χ4v) is 6.27. The number of carbonyl (C=O) groups excluding carboxylic acids is 1. The molecule has 160 valence electrons. The molecular weight excluding hydrogens is 412 g/mol. The van der Waals surface area contributed by atoms with Gasteiger partial charge in [0.05, 0.1) is 16.1 Å². The number of para-hydroxylation sites is 1. The monoisotopic (exact) mass is 439 g/mol. The SMILES string of the molecule is CC(=O)CC1(C)C(/C=C/C=C2\Sc3ccccc3N2C)=[N+](C)c2ccc3ccccc3c21. The number of carbonyl (C=O) groups is 1. The van der Waals surface area contributed by atoms with Gasteiger partial charge in [-0.05, 0) is 48.9 Å². The molecule has 0 saturated heterocycles. The Bertz CT molecular complexity index is 1350. The number of anilines is 1. The van der Waals surface area contributed by atoms with Crippen LogP contribution in [-0.4, -0.2) is 30.2 Å². The molecule has 5 rings (SSSR count). The molecule has 0 aliphatic carbocycles. The molecule has 4 heteroatoms. The first-order valence-corrected chi connectivity index (χ1v) is 11.7. The number of fused-ring (bicyclic) bond motifs is 4. The van der Waals surface area contributed by atoms with Crippen molar-refractivity contribution >= 4 is 45.4 Å². The average molecular weight is 440 g/mol. The van der Waals surface area contributed by atoms with Gasteiger partial charge in [0.15, 0.2) is 5.71 Å². The minimum atomic E-state index is -0.372. The van der Waals surface area contributed by atoms with E-state index in [0.29, 0.717) is 6.42 Å². The third kappa shape index (κ3) is 3.21. The summed E-state index contributed by atoms with van der Waals surface area (Å²) < 4.78 is 2.25. The Labute approximate surface area is 193 Å². The summed E-state index contributed by atoms with van der Waals surface area (Å²) >= 11 is 1.79. The van der Waals surface area contributed by atoms with Crippen LogP contribution in [0.25, 0.3) is 10.8 Å². The zero-order valence-corrected chi connectivity index (χ0v) is 19.7. The Balaban J connectivity index is 1.57. The van der Waals surface area contributed by atoms with E-state index < -0.39 is 0 Å². The second-order valence-corrected chi connectivity index (χ2v) is 9.89. The van der Waals surface area contributed by atoms with Crippen LogP contribution in [0.4, 0.5) is 11.4 Å². The maximum atomic E-state index is 12.4. The first-order valence-electron chi connectivity index (χ1n) is 10.9. The van der Waals surface area contributed by atoms with E-state index >= 15 is 0 Å². The topological polar surface area (TPSA) is 23.3 Å². The van der Waals surface area contributed by atoms with Gasteiger partial charge in [-0.25, -0.2) is 0 Å². The molecule has 0 saturated carbocycles. The minimum Gasteiger partial charge on any atom is -0.338 e. The lowest BCUT2D eigenvalue weighted by Gasteiger charge is -2.22. The van der Waals surface area contributed by atoms with Crippen molar-refractivity contribution in [3.05, 3.63) is 89.5 Å². The van der Waals surface area contributed by atoms with Crippen molar-refractivity contribution in [2.75, 3.05) is 19.0 Å². The number of rotatable bonds is 4. The van der Waals surface area contributed by atoms with Crippen molar-refractivity contribution in [1.82, 2.24) is 0 Å². The minimum absolute atomic E-state index is 0.201. The van der Waals surface area contributed by atoms with Crippen LogP contribution in [0.15, 0.2) is 88.8 Å². The molecule has 2 aliphatic rings. The van der Waals surface area contributed by atoms with Crippen LogP contribution < -0.4 is 4.90 Å². The van der Waals surface area contributed by atoms with Crippen molar-refractivity contribution < 1.29 is 9.37 Å². The molecular formula is C28H27N2OS+. The number of hydrogen-bond donors (Lipinski definition) is 0. The fourth-order valence-electron chi connectivity index (χ4n) is 5.21. The highest BCUT2D eigenvalue weighted by atomic mass is 32.2. The number of hydrogen-bond acceptors (Lipinski definition) is 3. The first-order chi connectivity index (χ1) is 15.4. The lowest BCUT2D eigenvalue weighted by molar-refractivity contribution is -0.401. The zero-order chi connectivity index (χ0) is 22.5. The summed E-state index contributed by atoms with van der Waals surface area (Å²) in [4.78, 5) is 15.9. The van der Waals surface area contributed by atoms with Gasteiger partial charge in [0.1, 0.15) is 12.8 Å². The molecule has 0 bridgehead atoms. The number of Topliss-reactive ketones (excluding diaryl/α,β-unsaturated/α-hetero) is 1. The summed E-state index contributed by atoms with van der Waals surface area (Å²) in [5.74, 6) is 0.201. The van der Waals surface area contributed by atoms with Crippen LogP contribution in [0, 0.1) is 0 Å². The Morgan fingerprint density at radius 1 is 1.09 bits per heavy atom. The van der Waals surface area contributed by atoms with E-state index in [1.54, 1.807) is 18.7 Å². The Kier molecular flexibility index (Phi) is 5.06. The molecule has 2 heterocycles. The molecule has 3 aromatic rings. The lowest BCUT2D eigenvalue weighted by Crippen LogP contribution is -2.33. The molecule has 1 atom stereocenters. The van der Waals surface area contributed by atoms with E-state index in [0.717, 1.165) is 5.71 Å². The lowest BCUT2D eigenvalue weighted by atomic mass is 9.74. The van der Waals surface area contributed by atoms with Gasteiger partial charge in [-0.2, -0.15) is 4.58 Å². The third-order valence-corrected chi connectivity index (χ3v) is 7.80. The van der Waals surface area contributed by atoms with Crippen LogP contribution in [0.1, 0.15) is 25.8 Å². The van der Waals surface area contributed by atoms with Gasteiger partial charge in [0.25, 0.3) is 0 Å². The third-order valence-electron chi connectivity index (χ3n) is 6.61. The number of thioether (sulfide) groups is 1. The van der Waals surface area contributed by atoms with E-state index in [2.05, 4.69) is 109 Å². The maximum Gasteiger partial charge on any atom is 0.210 e. The Morgan fingerprint density at radius 3 is 2.62 bits per heavy atom. The van der Waals surface area contributed by atoms with E-state index in [1.165, 1.54) is 37.6 Å². The van der Waals surface area contributed by atoms with E-state index in [9.17, 15) is 4.79 Å². The van der Waals surface area contributed by atoms with E-state index in [4.69, 9.17) is 0 Å². The smallest absolute Gasteiger partial charge is 0.210 e. The zero-order valence-electron chi connectivity index (χ0n) is 18.9. The molecule has 0 aromatic heterocycles. The van der Waals surface area contributed by atoms with Crippen LogP contribution in [0.3, 0.4) is 0 Å². The fraction of sp³-hybridized carbons (Fsp3) is 0.214. The first kappa shape index (κ1) is 20.8. The van der Waals surface area contributed by atoms with Gasteiger partial charge in [0, 0.05) is 36.1 Å². The maximum absolute atomic E-state index is 12.4. The van der Waals surface area contributed by atoms with Crippen LogP contribution in [0.5, 0.6) is 0 Å². The molecule has 2 aliphatic heterocycles. The summed E-state index contributed by atoms with van der Waals surface area (Å²) in [6.07, 6.45) is 6.96. The Morgan fingerprint density at radius 2 is 1.84 bits per heavy atom. The highest BCUT2D eigenvalue weighted by molar-refractivity contribution is 8.03. The molecule has 3 nitrogen and oxygen atoms in total. The summed E-state index contributed by atoms with van der Waals surface area (Å²) in [5.41, 5.74) is 4.45. The Hall–Kier alpha value is -3.11. The largest absolute Gasteiger partial charge is 0.338 e. The van der Waals surface area contributed by atoms with E-state index in [1.807, 2.05) is 0 Å². The quantitative estimate of drug-likeness (QED) is 0.437. The van der Waals surface area contributed by atoms with Crippen molar-refractivity contribution in [3.8, 4) is 0 Å². The number of ketones is 1. The van der Waals surface area contributed by atoms with Gasteiger partial charge in [-0.15, -0.1) is 0 Å². The number of benzene rings is 3. The summed E-state index contributed by atoms with van der Waals surface area (Å²) in [6.45, 7) is 3.90.